The third-order valence-electron chi connectivity index (χ3n) is 3.24. The Balaban J connectivity index is 2.02. The molecule has 0 spiro atoms. The summed E-state index contributed by atoms with van der Waals surface area (Å²) in [6.45, 7) is 5.51. The highest BCUT2D eigenvalue weighted by molar-refractivity contribution is 6.00. The van der Waals surface area contributed by atoms with E-state index in [1.807, 2.05) is 40.1 Å². The lowest BCUT2D eigenvalue weighted by molar-refractivity contribution is 0.0618. The Bertz CT molecular complexity index is 494. The van der Waals surface area contributed by atoms with Gasteiger partial charge in [-0.3, -0.25) is 4.79 Å². The molecule has 0 fully saturated rings. The zero-order chi connectivity index (χ0) is 14.8. The number of fused-ring (bicyclic) bond motifs is 1. The number of hydrogen-bond acceptors (Lipinski definition) is 4. The number of carbonyl (C=O) groups excluding carboxylic acids is 1. The summed E-state index contributed by atoms with van der Waals surface area (Å²) in [5.41, 5.74) is 0.221. The third kappa shape index (κ3) is 3.73. The van der Waals surface area contributed by atoms with E-state index < -0.39 is 5.60 Å². The second-order valence-electron chi connectivity index (χ2n) is 6.12. The fourth-order valence-electron chi connectivity index (χ4n) is 2.29. The van der Waals surface area contributed by atoms with Crippen molar-refractivity contribution in [3.05, 3.63) is 23.8 Å². The lowest BCUT2D eigenvalue weighted by Crippen LogP contribution is -2.35. The predicted octanol–water partition coefficient (Wildman–Crippen LogP) is 2.76. The molecule has 4 heteroatoms. The van der Waals surface area contributed by atoms with Crippen molar-refractivity contribution >= 4 is 5.78 Å². The zero-order valence-electron chi connectivity index (χ0n) is 12.7. The highest BCUT2D eigenvalue weighted by Crippen LogP contribution is 2.35. The van der Waals surface area contributed by atoms with E-state index in [1.54, 1.807) is 6.07 Å². The van der Waals surface area contributed by atoms with Gasteiger partial charge in [0.2, 0.25) is 0 Å². The van der Waals surface area contributed by atoms with E-state index in [-0.39, 0.29) is 5.78 Å². The first kappa shape index (κ1) is 14.9. The summed E-state index contributed by atoms with van der Waals surface area (Å²) in [4.78, 5) is 14.1. The van der Waals surface area contributed by atoms with Crippen molar-refractivity contribution < 1.29 is 14.3 Å². The van der Waals surface area contributed by atoms with E-state index in [9.17, 15) is 4.79 Å². The normalized spacial score (nSPS) is 16.8. The Morgan fingerprint density at radius 2 is 2.10 bits per heavy atom. The summed E-state index contributed by atoms with van der Waals surface area (Å²) >= 11 is 0. The number of ketones is 1. The van der Waals surface area contributed by atoms with Gasteiger partial charge in [0.1, 0.15) is 17.1 Å². The highest BCUT2D eigenvalue weighted by Gasteiger charge is 2.32. The molecule has 0 bridgehead atoms. The number of Topliss-reactive ketones (excluding diaryl/α,β-unsaturated/α-hetero) is 1. The van der Waals surface area contributed by atoms with E-state index in [0.29, 0.717) is 24.3 Å². The molecular formula is C16H23NO3. The van der Waals surface area contributed by atoms with Gasteiger partial charge in [-0.15, -0.1) is 0 Å². The Kier molecular flexibility index (Phi) is 4.33. The van der Waals surface area contributed by atoms with Gasteiger partial charge in [-0.1, -0.05) is 0 Å². The minimum atomic E-state index is -0.437. The van der Waals surface area contributed by atoms with Gasteiger partial charge in [0.25, 0.3) is 0 Å². The molecule has 0 aromatic heterocycles. The molecule has 0 unspecified atom stereocenters. The largest absolute Gasteiger partial charge is 0.493 e. The number of nitrogens with zero attached hydrogens (tertiary/aromatic N) is 1. The van der Waals surface area contributed by atoms with Crippen LogP contribution in [0.3, 0.4) is 0 Å². The molecule has 0 saturated carbocycles. The van der Waals surface area contributed by atoms with Crippen LogP contribution in [0.5, 0.6) is 11.5 Å². The number of rotatable bonds is 5. The molecule has 1 aromatic rings. The molecule has 0 N–H and O–H groups in total. The summed E-state index contributed by atoms with van der Waals surface area (Å²) in [6.07, 6.45) is 1.39. The van der Waals surface area contributed by atoms with Crippen molar-refractivity contribution in [3.8, 4) is 11.5 Å². The standard InChI is InChI=1S/C16H23NO3/c1-16(2)11-14(18)13-7-6-12(10-15(13)20-16)19-9-5-8-17(3)4/h6-7,10H,5,8-9,11H2,1-4H3. The molecule has 0 saturated heterocycles. The molecule has 1 heterocycles. The number of carbonyl (C=O) groups is 1. The van der Waals surface area contributed by atoms with E-state index in [2.05, 4.69) is 4.90 Å². The summed E-state index contributed by atoms with van der Waals surface area (Å²) < 4.78 is 11.6. The smallest absolute Gasteiger partial charge is 0.170 e. The van der Waals surface area contributed by atoms with Gasteiger partial charge < -0.3 is 14.4 Å². The van der Waals surface area contributed by atoms with Crippen LogP contribution in [0.15, 0.2) is 18.2 Å². The zero-order valence-corrected chi connectivity index (χ0v) is 12.7. The summed E-state index contributed by atoms with van der Waals surface area (Å²) in [7, 11) is 4.08. The minimum absolute atomic E-state index is 0.135. The SMILES string of the molecule is CN(C)CCCOc1ccc2c(c1)OC(C)(C)CC2=O. The van der Waals surface area contributed by atoms with Crippen molar-refractivity contribution in [2.45, 2.75) is 32.3 Å². The van der Waals surface area contributed by atoms with Crippen LogP contribution in [0.1, 0.15) is 37.0 Å². The summed E-state index contributed by atoms with van der Waals surface area (Å²) in [5, 5.41) is 0. The second kappa shape index (κ2) is 5.83. The molecule has 0 radical (unpaired) electrons. The van der Waals surface area contributed by atoms with E-state index >= 15 is 0 Å². The molecule has 4 nitrogen and oxygen atoms in total. The van der Waals surface area contributed by atoms with E-state index in [4.69, 9.17) is 9.47 Å². The topological polar surface area (TPSA) is 38.8 Å². The lowest BCUT2D eigenvalue weighted by atomic mass is 9.93. The van der Waals surface area contributed by atoms with Crippen molar-refractivity contribution in [1.29, 1.82) is 0 Å². The lowest BCUT2D eigenvalue weighted by Gasteiger charge is -2.31. The highest BCUT2D eigenvalue weighted by atomic mass is 16.5. The van der Waals surface area contributed by atoms with Crippen LogP contribution in [0.25, 0.3) is 0 Å². The van der Waals surface area contributed by atoms with Gasteiger partial charge in [-0.25, -0.2) is 0 Å². The molecule has 20 heavy (non-hydrogen) atoms. The Morgan fingerprint density at radius 3 is 2.80 bits per heavy atom. The fourth-order valence-corrected chi connectivity index (χ4v) is 2.29. The van der Waals surface area contributed by atoms with Gasteiger partial charge in [0.05, 0.1) is 18.6 Å². The predicted molar refractivity (Wildman–Crippen MR) is 78.8 cm³/mol. The maximum absolute atomic E-state index is 12.0. The summed E-state index contributed by atoms with van der Waals surface area (Å²) in [6, 6.07) is 5.46. The maximum Gasteiger partial charge on any atom is 0.170 e. The molecule has 0 amide bonds. The van der Waals surface area contributed by atoms with Crippen LogP contribution in [0.2, 0.25) is 0 Å². The maximum atomic E-state index is 12.0. The van der Waals surface area contributed by atoms with Crippen molar-refractivity contribution in [1.82, 2.24) is 4.90 Å². The van der Waals surface area contributed by atoms with Crippen molar-refractivity contribution in [2.75, 3.05) is 27.2 Å². The van der Waals surface area contributed by atoms with Crippen molar-refractivity contribution in [2.24, 2.45) is 0 Å². The van der Waals surface area contributed by atoms with Crippen LogP contribution >= 0.6 is 0 Å². The van der Waals surface area contributed by atoms with Crippen LogP contribution < -0.4 is 9.47 Å². The monoisotopic (exact) mass is 277 g/mol. The minimum Gasteiger partial charge on any atom is -0.493 e. The Hall–Kier alpha value is -1.55. The second-order valence-corrected chi connectivity index (χ2v) is 6.12. The molecule has 1 aliphatic heterocycles. The summed E-state index contributed by atoms with van der Waals surface area (Å²) in [5.74, 6) is 1.53. The first-order valence-electron chi connectivity index (χ1n) is 7.01. The number of ether oxygens (including phenoxy) is 2. The van der Waals surface area contributed by atoms with Gasteiger partial charge >= 0.3 is 0 Å². The van der Waals surface area contributed by atoms with Gasteiger partial charge in [-0.2, -0.15) is 0 Å². The molecule has 0 aliphatic carbocycles. The first-order chi connectivity index (χ1) is 9.37. The van der Waals surface area contributed by atoms with E-state index in [1.165, 1.54) is 0 Å². The van der Waals surface area contributed by atoms with Crippen LogP contribution in [-0.2, 0) is 0 Å². The molecular weight excluding hydrogens is 254 g/mol. The van der Waals surface area contributed by atoms with Crippen LogP contribution in [-0.4, -0.2) is 43.5 Å². The molecule has 1 aliphatic rings. The van der Waals surface area contributed by atoms with Crippen LogP contribution in [0.4, 0.5) is 0 Å². The Morgan fingerprint density at radius 1 is 1.35 bits per heavy atom. The molecule has 0 atom stereocenters. The van der Waals surface area contributed by atoms with Gasteiger partial charge in [-0.05, 0) is 46.5 Å². The van der Waals surface area contributed by atoms with E-state index in [0.717, 1.165) is 18.7 Å². The average molecular weight is 277 g/mol. The fraction of sp³-hybridized carbons (Fsp3) is 0.562. The quantitative estimate of drug-likeness (QED) is 0.776. The number of hydrogen-bond donors (Lipinski definition) is 0. The number of benzene rings is 1. The Labute approximate surface area is 120 Å². The molecule has 2 rings (SSSR count). The average Bonchev–Trinajstić information content (AvgIpc) is 2.32. The van der Waals surface area contributed by atoms with Gasteiger partial charge in [0.15, 0.2) is 5.78 Å². The van der Waals surface area contributed by atoms with Crippen molar-refractivity contribution in [3.63, 3.8) is 0 Å². The van der Waals surface area contributed by atoms with Crippen LogP contribution in [0, 0.1) is 0 Å². The first-order valence-corrected chi connectivity index (χ1v) is 7.01. The molecule has 1 aromatic carbocycles. The van der Waals surface area contributed by atoms with Gasteiger partial charge in [0, 0.05) is 12.6 Å². The molecule has 110 valence electrons. The third-order valence-corrected chi connectivity index (χ3v) is 3.24.